The third-order valence-electron chi connectivity index (χ3n) is 10.3. The van der Waals surface area contributed by atoms with Crippen molar-refractivity contribution in [3.63, 3.8) is 0 Å². The quantitative estimate of drug-likeness (QED) is 0.0967. The predicted octanol–water partition coefficient (Wildman–Crippen LogP) is 10.1. The number of carboxylic acids is 1. The summed E-state index contributed by atoms with van der Waals surface area (Å²) in [6.07, 6.45) is 1.95. The smallest absolute Gasteiger partial charge is 0.345 e. The van der Waals surface area contributed by atoms with Crippen LogP contribution in [0.4, 0.5) is 4.39 Å². The molecule has 0 saturated carbocycles. The third kappa shape index (κ3) is 8.96. The lowest BCUT2D eigenvalue weighted by Crippen LogP contribution is -2.31. The molecule has 2 aliphatic rings. The Morgan fingerprint density at radius 2 is 1.75 bits per heavy atom. The molecule has 13 nitrogen and oxygen atoms in total. The Morgan fingerprint density at radius 3 is 2.49 bits per heavy atom. The molecule has 16 heteroatoms. The number of benzene rings is 4. The SMILES string of the molecule is C=CCOC[C@@H]1COc2ccc(OCc3ccnc(-c4ccccc4OC)n3)c(c2)C[C@H](C(=O)O)Oc2ncnc3oc(-c4ccc(F)cc4)c(c23)-c2c(C)c(Cl)c(c(Cl)c2C)O1. The van der Waals surface area contributed by atoms with Crippen molar-refractivity contribution >= 4 is 40.3 Å². The molecule has 0 amide bonds. The molecular formula is C47H39Cl2FN4O9. The minimum Gasteiger partial charge on any atom is -0.496 e. The van der Waals surface area contributed by atoms with Crippen LogP contribution < -0.4 is 23.7 Å². The Kier molecular flexibility index (Phi) is 12.7. The number of halogens is 3. The van der Waals surface area contributed by atoms with E-state index in [9.17, 15) is 14.3 Å². The number of ether oxygens (including phenoxy) is 6. The van der Waals surface area contributed by atoms with Crippen LogP contribution in [-0.2, 0) is 22.6 Å². The van der Waals surface area contributed by atoms with E-state index < -0.39 is 24.0 Å². The Bertz CT molecular complexity index is 2810. The van der Waals surface area contributed by atoms with E-state index in [0.29, 0.717) is 67.7 Å². The van der Waals surface area contributed by atoms with Gasteiger partial charge in [0.15, 0.2) is 17.7 Å². The van der Waals surface area contributed by atoms with Crippen molar-refractivity contribution in [3.05, 3.63) is 136 Å². The zero-order valence-corrected chi connectivity index (χ0v) is 35.7. The highest BCUT2D eigenvalue weighted by atomic mass is 35.5. The molecule has 4 bridgehead atoms. The molecule has 322 valence electrons. The van der Waals surface area contributed by atoms with Gasteiger partial charge in [-0.3, -0.25) is 0 Å². The molecule has 0 unspecified atom stereocenters. The van der Waals surface area contributed by atoms with Crippen molar-refractivity contribution in [2.75, 3.05) is 26.9 Å². The topological polar surface area (TPSA) is 157 Å². The molecule has 5 heterocycles. The highest BCUT2D eigenvalue weighted by Gasteiger charge is 2.32. The van der Waals surface area contributed by atoms with Crippen LogP contribution in [0.15, 0.2) is 102 Å². The summed E-state index contributed by atoms with van der Waals surface area (Å²) in [6, 6.07) is 19.8. The first kappa shape index (κ1) is 42.9. The zero-order valence-electron chi connectivity index (χ0n) is 34.2. The predicted molar refractivity (Wildman–Crippen MR) is 234 cm³/mol. The number of hydrogen-bond donors (Lipinski definition) is 1. The van der Waals surface area contributed by atoms with E-state index in [2.05, 4.69) is 21.5 Å². The Labute approximate surface area is 371 Å². The first-order chi connectivity index (χ1) is 30.5. The van der Waals surface area contributed by atoms with Gasteiger partial charge in [-0.15, -0.1) is 6.58 Å². The zero-order chi connectivity index (χ0) is 44.2. The lowest BCUT2D eigenvalue weighted by molar-refractivity contribution is -0.145. The summed E-state index contributed by atoms with van der Waals surface area (Å²) in [5.74, 6) is 0.353. The van der Waals surface area contributed by atoms with Gasteiger partial charge in [-0.2, -0.15) is 0 Å². The first-order valence-electron chi connectivity index (χ1n) is 19.6. The first-order valence-corrected chi connectivity index (χ1v) is 20.4. The van der Waals surface area contributed by atoms with Crippen LogP contribution in [0.25, 0.3) is 44.9 Å². The molecule has 3 aromatic heterocycles. The van der Waals surface area contributed by atoms with Gasteiger partial charge in [0.2, 0.25) is 17.7 Å². The molecule has 0 saturated heterocycles. The Morgan fingerprint density at radius 1 is 0.968 bits per heavy atom. The monoisotopic (exact) mass is 892 g/mol. The lowest BCUT2D eigenvalue weighted by atomic mass is 9.91. The maximum atomic E-state index is 14.3. The van der Waals surface area contributed by atoms with Gasteiger partial charge in [-0.1, -0.05) is 41.4 Å². The Hall–Kier alpha value is -6.74. The number of furan rings is 1. The molecule has 7 aromatic rings. The number of aliphatic carboxylic acids is 1. The fourth-order valence-corrected chi connectivity index (χ4v) is 7.77. The molecule has 63 heavy (non-hydrogen) atoms. The largest absolute Gasteiger partial charge is 0.496 e. The molecule has 9 rings (SSSR count). The van der Waals surface area contributed by atoms with Gasteiger partial charge in [-0.05, 0) is 91.2 Å². The highest BCUT2D eigenvalue weighted by Crippen LogP contribution is 2.51. The maximum absolute atomic E-state index is 14.3. The van der Waals surface area contributed by atoms with Crippen LogP contribution in [-0.4, -0.2) is 70.2 Å². The summed E-state index contributed by atoms with van der Waals surface area (Å²) in [5.41, 5.74) is 4.21. The van der Waals surface area contributed by atoms with Gasteiger partial charge in [-0.25, -0.2) is 29.1 Å². The lowest BCUT2D eigenvalue weighted by Gasteiger charge is -2.24. The summed E-state index contributed by atoms with van der Waals surface area (Å²) >= 11 is 14.3. The molecule has 0 aliphatic carbocycles. The van der Waals surface area contributed by atoms with Crippen LogP contribution in [0, 0.1) is 19.7 Å². The van der Waals surface area contributed by atoms with Crippen molar-refractivity contribution in [2.45, 2.75) is 39.1 Å². The fourth-order valence-electron chi connectivity index (χ4n) is 7.26. The summed E-state index contributed by atoms with van der Waals surface area (Å²) < 4.78 is 57.5. The Balaban J connectivity index is 1.26. The third-order valence-corrected chi connectivity index (χ3v) is 11.2. The molecule has 0 radical (unpaired) electrons. The second kappa shape index (κ2) is 18.7. The van der Waals surface area contributed by atoms with E-state index in [4.69, 9.17) is 61.0 Å². The van der Waals surface area contributed by atoms with Crippen molar-refractivity contribution in [2.24, 2.45) is 0 Å². The van der Waals surface area contributed by atoms with E-state index in [-0.39, 0.29) is 71.4 Å². The average molecular weight is 894 g/mol. The molecule has 2 aliphatic heterocycles. The van der Waals surface area contributed by atoms with E-state index in [1.807, 2.05) is 24.3 Å². The van der Waals surface area contributed by atoms with Gasteiger partial charge in [0.1, 0.15) is 53.8 Å². The fraction of sp³-hybridized carbons (Fsp3) is 0.213. The number of carbonyl (C=O) groups is 1. The van der Waals surface area contributed by atoms with E-state index in [0.717, 1.165) is 0 Å². The summed E-state index contributed by atoms with van der Waals surface area (Å²) in [7, 11) is 1.57. The summed E-state index contributed by atoms with van der Waals surface area (Å²) in [4.78, 5) is 31.2. The second-order valence-corrected chi connectivity index (χ2v) is 15.2. The average Bonchev–Trinajstić information content (AvgIpc) is 3.68. The molecular weight excluding hydrogens is 854 g/mol. The number of aromatic nitrogens is 4. The van der Waals surface area contributed by atoms with Gasteiger partial charge in [0.25, 0.3) is 0 Å². The number of nitrogens with zero attached hydrogens (tertiary/aromatic N) is 4. The number of fused-ring (bicyclic) bond motifs is 7. The second-order valence-electron chi connectivity index (χ2n) is 14.4. The molecule has 4 aromatic carbocycles. The molecule has 1 N–H and O–H groups in total. The van der Waals surface area contributed by atoms with E-state index in [1.165, 1.54) is 18.5 Å². The minimum atomic E-state index is -1.54. The summed E-state index contributed by atoms with van der Waals surface area (Å²) in [5, 5.41) is 11.4. The molecule has 2 atom stereocenters. The van der Waals surface area contributed by atoms with Crippen molar-refractivity contribution in [1.29, 1.82) is 0 Å². The number of methoxy groups -OCH3 is 1. The number of rotatable bonds is 11. The highest BCUT2D eigenvalue weighted by molar-refractivity contribution is 6.39. The maximum Gasteiger partial charge on any atom is 0.345 e. The normalized spacial score (nSPS) is 14.9. The molecule has 0 spiro atoms. The van der Waals surface area contributed by atoms with Crippen LogP contribution in [0.5, 0.6) is 28.9 Å². The van der Waals surface area contributed by atoms with Gasteiger partial charge in [0.05, 0.1) is 41.6 Å². The molecule has 0 fully saturated rings. The number of para-hydroxylation sites is 1. The van der Waals surface area contributed by atoms with E-state index in [1.54, 1.807) is 69.6 Å². The number of hydrogen-bond acceptors (Lipinski definition) is 12. The summed E-state index contributed by atoms with van der Waals surface area (Å²) in [6.45, 7) is 7.59. The minimum absolute atomic E-state index is 0.00153. The van der Waals surface area contributed by atoms with Gasteiger partial charge < -0.3 is 37.9 Å². The van der Waals surface area contributed by atoms with Crippen LogP contribution >= 0.6 is 23.2 Å². The van der Waals surface area contributed by atoms with E-state index >= 15 is 0 Å². The van der Waals surface area contributed by atoms with Crippen molar-refractivity contribution in [3.8, 4) is 62.7 Å². The van der Waals surface area contributed by atoms with Crippen molar-refractivity contribution in [1.82, 2.24) is 19.9 Å². The van der Waals surface area contributed by atoms with Gasteiger partial charge in [0, 0.05) is 29.3 Å². The van der Waals surface area contributed by atoms with Gasteiger partial charge >= 0.3 is 5.97 Å². The standard InChI is InChI=1S/C47H39Cl2FN4O9/c1-5-18-58-22-32-23-59-31-14-15-34(60-21-30-16-17-51-44(54-30)33-8-6-7-9-35(33)57-4)28(19-31)20-36(47(55)56)62-45-39-38(37-25(2)40(48)43(61-32)41(49)26(37)3)42(63-46(39)53-24-52-45)27-10-12-29(50)13-11-27/h5-17,19,24,32,36H,1,18,20-23H2,2-4H3,(H,55,56)/t32-,36-/m1/s1. The van der Waals surface area contributed by atoms with Crippen LogP contribution in [0.2, 0.25) is 10.0 Å². The van der Waals surface area contributed by atoms with Crippen molar-refractivity contribution < 1.29 is 47.1 Å². The van der Waals surface area contributed by atoms with Crippen LogP contribution in [0.3, 0.4) is 0 Å². The number of carboxylic acid groups (broad SMARTS) is 1. The van der Waals surface area contributed by atoms with Crippen LogP contribution in [0.1, 0.15) is 22.4 Å².